The van der Waals surface area contributed by atoms with Crippen LogP contribution in [0, 0.1) is 17.5 Å². The molecule has 0 radical (unpaired) electrons. The van der Waals surface area contributed by atoms with Crippen molar-refractivity contribution in [1.82, 2.24) is 25.5 Å². The highest BCUT2D eigenvalue weighted by Crippen LogP contribution is 2.35. The Hall–Kier alpha value is -3.53. The Labute approximate surface area is 220 Å². The Morgan fingerprint density at radius 2 is 1.90 bits per heavy atom. The largest absolute Gasteiger partial charge is 0.465 e. The summed E-state index contributed by atoms with van der Waals surface area (Å²) in [6.07, 6.45) is -3.78. The fraction of sp³-hybridized carbons (Fsp3) is 0.500. The van der Waals surface area contributed by atoms with E-state index in [1.54, 1.807) is 19.9 Å². The number of nitrogens with one attached hydrogen (secondary N) is 1. The number of methoxy groups -OCH3 is 1. The molecule has 0 spiro atoms. The minimum Gasteiger partial charge on any atom is -0.465 e. The zero-order valence-electron chi connectivity index (χ0n) is 21.2. The van der Waals surface area contributed by atoms with Crippen molar-refractivity contribution < 1.29 is 47.3 Å². The van der Waals surface area contributed by atoms with Gasteiger partial charge in [-0.25, -0.2) is 22.6 Å². The van der Waals surface area contributed by atoms with Crippen LogP contribution in [0.4, 0.5) is 18.0 Å². The average Bonchev–Trinajstić information content (AvgIpc) is 3.57. The molecule has 1 amide bonds. The van der Waals surface area contributed by atoms with E-state index in [2.05, 4.69) is 20.8 Å². The molecule has 2 aromatic heterocycles. The van der Waals surface area contributed by atoms with Crippen molar-refractivity contribution in [3.63, 3.8) is 0 Å². The van der Waals surface area contributed by atoms with Crippen molar-refractivity contribution >= 4 is 6.09 Å². The van der Waals surface area contributed by atoms with Crippen molar-refractivity contribution in [2.45, 2.75) is 56.1 Å². The summed E-state index contributed by atoms with van der Waals surface area (Å²) in [6, 6.07) is 2.24. The number of halogens is 3. The van der Waals surface area contributed by atoms with Gasteiger partial charge in [-0.1, -0.05) is 24.2 Å². The first-order chi connectivity index (χ1) is 18.4. The van der Waals surface area contributed by atoms with E-state index in [0.29, 0.717) is 11.5 Å². The maximum Gasteiger partial charge on any atom is 0.404 e. The number of ether oxygens (including phenoxy) is 2. The summed E-state index contributed by atoms with van der Waals surface area (Å²) in [4.78, 5) is 10.9. The van der Waals surface area contributed by atoms with Crippen molar-refractivity contribution in [2.24, 2.45) is 0 Å². The first-order valence-corrected chi connectivity index (χ1v) is 11.9. The molecule has 3 heterocycles. The molecule has 1 fully saturated rings. The summed E-state index contributed by atoms with van der Waals surface area (Å²) in [7, 11) is 1.38. The quantitative estimate of drug-likeness (QED) is 0.286. The minimum atomic E-state index is -1.61. The second-order valence-electron chi connectivity index (χ2n) is 9.84. The number of carbonyl (C=O) groups is 1. The highest BCUT2D eigenvalue weighted by Gasteiger charge is 2.47. The Morgan fingerprint density at radius 3 is 2.51 bits per heavy atom. The van der Waals surface area contributed by atoms with E-state index in [9.17, 15) is 28.2 Å². The van der Waals surface area contributed by atoms with Crippen molar-refractivity contribution in [1.29, 1.82) is 0 Å². The highest BCUT2D eigenvalue weighted by molar-refractivity contribution is 5.64. The number of amides is 1. The number of carboxylic acid groups (broad SMARTS) is 1. The third-order valence-electron chi connectivity index (χ3n) is 6.67. The van der Waals surface area contributed by atoms with Crippen LogP contribution in [0.1, 0.15) is 31.3 Å². The molecular weight excluding hydrogens is 527 g/mol. The molecule has 0 saturated carbocycles. The van der Waals surface area contributed by atoms with Crippen LogP contribution in [0.15, 0.2) is 28.9 Å². The van der Waals surface area contributed by atoms with Gasteiger partial charge in [-0.05, 0) is 12.1 Å². The van der Waals surface area contributed by atoms with Crippen LogP contribution >= 0.6 is 0 Å². The fourth-order valence-corrected chi connectivity index (χ4v) is 4.50. The van der Waals surface area contributed by atoms with E-state index in [1.807, 2.05) is 0 Å². The summed E-state index contributed by atoms with van der Waals surface area (Å²) in [5.41, 5.74) is -0.254. The number of hydrogen-bond donors (Lipinski definition) is 4. The Balaban J connectivity index is 1.60. The van der Waals surface area contributed by atoms with Gasteiger partial charge in [0.2, 0.25) is 0 Å². The molecule has 3 aromatic rings. The van der Waals surface area contributed by atoms with E-state index in [4.69, 9.17) is 19.1 Å². The molecule has 212 valence electrons. The third kappa shape index (κ3) is 5.90. The summed E-state index contributed by atoms with van der Waals surface area (Å²) in [5, 5.41) is 44.0. The Bertz CT molecular complexity index is 1290. The molecule has 12 nitrogen and oxygen atoms in total. The molecular formula is C24H28F3N5O7. The van der Waals surface area contributed by atoms with Gasteiger partial charge in [-0.3, -0.25) is 0 Å². The van der Waals surface area contributed by atoms with Crippen molar-refractivity contribution in [3.8, 4) is 11.3 Å². The number of hydrogen-bond acceptors (Lipinski definition) is 9. The second kappa shape index (κ2) is 11.3. The van der Waals surface area contributed by atoms with Crippen LogP contribution < -0.4 is 5.32 Å². The zero-order chi connectivity index (χ0) is 28.5. The summed E-state index contributed by atoms with van der Waals surface area (Å²) in [6.45, 7) is 3.12. The van der Waals surface area contributed by atoms with Crippen LogP contribution in [0.2, 0.25) is 0 Å². The third-order valence-corrected chi connectivity index (χ3v) is 6.67. The standard InChI is InChI=1S/C24H28F3N5O7/c1-24(2,10-28-23(35)36)18-7-12(39-30-18)6-16-22(37-3)20(21(34)17(9-33)38-16)32-8-15(29-31-32)11-4-13(25)19(27)14(26)5-11/h4-5,7-8,16-17,20-22,28,33-34H,6,9-10H2,1-3H3,(H,35,36)/t16-,17-,20+,21+,22+/m1/s1. The van der Waals surface area contributed by atoms with Crippen LogP contribution in [-0.2, 0) is 21.3 Å². The molecule has 0 aliphatic carbocycles. The van der Waals surface area contributed by atoms with Gasteiger partial charge in [-0.2, -0.15) is 0 Å². The smallest absolute Gasteiger partial charge is 0.404 e. The number of aromatic nitrogens is 4. The molecule has 4 N–H and O–H groups in total. The predicted octanol–water partition coefficient (Wildman–Crippen LogP) is 1.81. The summed E-state index contributed by atoms with van der Waals surface area (Å²) >= 11 is 0. The van der Waals surface area contributed by atoms with Gasteiger partial charge in [0.25, 0.3) is 0 Å². The molecule has 4 rings (SSSR count). The molecule has 1 aromatic carbocycles. The Morgan fingerprint density at radius 1 is 1.21 bits per heavy atom. The number of benzene rings is 1. The summed E-state index contributed by atoms with van der Waals surface area (Å²) in [5.74, 6) is -4.02. The van der Waals surface area contributed by atoms with E-state index in [0.717, 1.165) is 12.1 Å². The fourth-order valence-electron chi connectivity index (χ4n) is 4.50. The number of rotatable bonds is 9. The first-order valence-electron chi connectivity index (χ1n) is 11.9. The second-order valence-corrected chi connectivity index (χ2v) is 9.84. The lowest BCUT2D eigenvalue weighted by Crippen LogP contribution is -2.57. The van der Waals surface area contributed by atoms with E-state index in [-0.39, 0.29) is 24.2 Å². The number of aliphatic hydroxyl groups excluding tert-OH is 2. The topological polar surface area (TPSA) is 165 Å². The van der Waals surface area contributed by atoms with Gasteiger partial charge in [0.15, 0.2) is 17.5 Å². The first kappa shape index (κ1) is 28.5. The normalized spacial score (nSPS) is 23.6. The van der Waals surface area contributed by atoms with Gasteiger partial charge in [-0.15, -0.1) is 5.10 Å². The molecule has 1 saturated heterocycles. The van der Waals surface area contributed by atoms with E-state index in [1.165, 1.54) is 18.0 Å². The van der Waals surface area contributed by atoms with Gasteiger partial charge in [0.05, 0.1) is 24.6 Å². The van der Waals surface area contributed by atoms with Gasteiger partial charge in [0, 0.05) is 37.1 Å². The van der Waals surface area contributed by atoms with E-state index < -0.39 is 66.0 Å². The maximum absolute atomic E-state index is 13.8. The molecule has 1 aliphatic heterocycles. The zero-order valence-corrected chi connectivity index (χ0v) is 21.2. The van der Waals surface area contributed by atoms with Crippen LogP contribution in [-0.4, -0.2) is 86.2 Å². The number of aliphatic hydroxyl groups is 2. The lowest BCUT2D eigenvalue weighted by Gasteiger charge is -2.43. The van der Waals surface area contributed by atoms with Crippen LogP contribution in [0.3, 0.4) is 0 Å². The maximum atomic E-state index is 13.8. The monoisotopic (exact) mass is 555 g/mol. The van der Waals surface area contributed by atoms with E-state index >= 15 is 0 Å². The van der Waals surface area contributed by atoms with Gasteiger partial charge < -0.3 is 34.6 Å². The molecule has 5 atom stereocenters. The average molecular weight is 556 g/mol. The van der Waals surface area contributed by atoms with Crippen LogP contribution in [0.5, 0.6) is 0 Å². The SMILES string of the molecule is CO[C@@H]1[C@@H](n2cc(-c3cc(F)c(F)c(F)c3)nn2)[C@@H](O)[C@@H](CO)O[C@@H]1Cc1cc(C(C)(C)CNC(=O)O)no1. The lowest BCUT2D eigenvalue weighted by molar-refractivity contribution is -0.212. The number of nitrogens with zero attached hydrogens (tertiary/aromatic N) is 4. The Kier molecular flexibility index (Phi) is 8.25. The van der Waals surface area contributed by atoms with Crippen LogP contribution in [0.25, 0.3) is 11.3 Å². The summed E-state index contributed by atoms with van der Waals surface area (Å²) < 4.78 is 59.2. The molecule has 39 heavy (non-hydrogen) atoms. The predicted molar refractivity (Wildman–Crippen MR) is 126 cm³/mol. The van der Waals surface area contributed by atoms with Gasteiger partial charge >= 0.3 is 6.09 Å². The highest BCUT2D eigenvalue weighted by atomic mass is 19.2. The minimum absolute atomic E-state index is 0.00974. The molecule has 0 bridgehead atoms. The molecule has 15 heteroatoms. The molecule has 1 aliphatic rings. The van der Waals surface area contributed by atoms with Crippen molar-refractivity contribution in [2.75, 3.05) is 20.3 Å². The lowest BCUT2D eigenvalue weighted by atomic mass is 9.88. The van der Waals surface area contributed by atoms with Crippen molar-refractivity contribution in [3.05, 3.63) is 53.3 Å². The molecule has 0 unspecified atom stereocenters. The van der Waals surface area contributed by atoms with Gasteiger partial charge in [0.1, 0.15) is 35.8 Å².